The molecule has 0 fully saturated rings. The number of likely N-dealkylation sites (N-methyl/N-ethyl adjacent to an activating group) is 2. The normalized spacial score (nSPS) is 10.7. The fourth-order valence-corrected chi connectivity index (χ4v) is 1.86. The van der Waals surface area contributed by atoms with Crippen LogP contribution in [0.3, 0.4) is 0 Å². The Hall–Kier alpha value is -0.940. The second-order valence-electron chi connectivity index (χ2n) is 4.13. The molecule has 0 bridgehead atoms. The first-order valence-electron chi connectivity index (χ1n) is 5.27. The molecule has 0 aliphatic carbocycles. The van der Waals surface area contributed by atoms with E-state index < -0.39 is 5.82 Å². The Labute approximate surface area is 109 Å². The van der Waals surface area contributed by atoms with Crippen LogP contribution in [-0.2, 0) is 0 Å². The number of carbonyl (C=O) groups is 1. The van der Waals surface area contributed by atoms with E-state index in [4.69, 9.17) is 0 Å². The van der Waals surface area contributed by atoms with Crippen molar-refractivity contribution >= 4 is 21.8 Å². The lowest BCUT2D eigenvalue weighted by Gasteiger charge is -2.20. The van der Waals surface area contributed by atoms with Gasteiger partial charge < -0.3 is 9.80 Å². The minimum Gasteiger partial charge on any atom is -0.340 e. The molecule has 0 spiro atoms. The molecule has 0 aromatic heterocycles. The minimum absolute atomic E-state index is 0.0914. The lowest BCUT2D eigenvalue weighted by atomic mass is 10.2. The third kappa shape index (κ3) is 3.78. The molecule has 5 heteroatoms. The van der Waals surface area contributed by atoms with Crippen molar-refractivity contribution in [2.24, 2.45) is 0 Å². The molecule has 0 aliphatic heterocycles. The molecule has 17 heavy (non-hydrogen) atoms. The van der Waals surface area contributed by atoms with Crippen molar-refractivity contribution in [3.63, 3.8) is 0 Å². The molecule has 0 radical (unpaired) electrons. The molecule has 0 N–H and O–H groups in total. The van der Waals surface area contributed by atoms with E-state index in [2.05, 4.69) is 15.9 Å². The van der Waals surface area contributed by atoms with Gasteiger partial charge >= 0.3 is 0 Å². The summed E-state index contributed by atoms with van der Waals surface area (Å²) in [5.41, 5.74) is 0.0914. The van der Waals surface area contributed by atoms with Gasteiger partial charge in [0.15, 0.2) is 0 Å². The maximum absolute atomic E-state index is 13.6. The Morgan fingerprint density at radius 3 is 2.47 bits per heavy atom. The maximum Gasteiger partial charge on any atom is 0.257 e. The monoisotopic (exact) mass is 302 g/mol. The third-order valence-corrected chi connectivity index (χ3v) is 3.07. The van der Waals surface area contributed by atoms with E-state index in [1.54, 1.807) is 19.2 Å². The van der Waals surface area contributed by atoms with Gasteiger partial charge in [0.25, 0.3) is 5.91 Å². The van der Waals surface area contributed by atoms with Crippen molar-refractivity contribution < 1.29 is 9.18 Å². The van der Waals surface area contributed by atoms with Crippen LogP contribution in [0.4, 0.5) is 4.39 Å². The molecule has 0 atom stereocenters. The SMILES string of the molecule is CN(C)CCN(C)C(=O)c1c(F)cccc1Br. The van der Waals surface area contributed by atoms with Crippen molar-refractivity contribution in [2.75, 3.05) is 34.2 Å². The van der Waals surface area contributed by atoms with E-state index >= 15 is 0 Å². The summed E-state index contributed by atoms with van der Waals surface area (Å²) < 4.78 is 14.1. The first kappa shape index (κ1) is 14.1. The number of nitrogens with zero attached hydrogens (tertiary/aromatic N) is 2. The molecule has 0 heterocycles. The molecule has 3 nitrogen and oxygen atoms in total. The van der Waals surface area contributed by atoms with Crippen molar-refractivity contribution in [3.8, 4) is 0 Å². The highest BCUT2D eigenvalue weighted by atomic mass is 79.9. The average molecular weight is 303 g/mol. The van der Waals surface area contributed by atoms with E-state index in [0.717, 1.165) is 6.54 Å². The highest BCUT2D eigenvalue weighted by Gasteiger charge is 2.18. The summed E-state index contributed by atoms with van der Waals surface area (Å²) in [6.45, 7) is 1.31. The van der Waals surface area contributed by atoms with Gasteiger partial charge in [0.05, 0.1) is 5.56 Å². The van der Waals surface area contributed by atoms with Gasteiger partial charge in [-0.2, -0.15) is 0 Å². The molecular weight excluding hydrogens is 287 g/mol. The van der Waals surface area contributed by atoms with Crippen LogP contribution in [0.5, 0.6) is 0 Å². The van der Waals surface area contributed by atoms with E-state index in [0.29, 0.717) is 11.0 Å². The predicted octanol–water partition coefficient (Wildman–Crippen LogP) is 2.22. The second-order valence-corrected chi connectivity index (χ2v) is 4.98. The first-order valence-corrected chi connectivity index (χ1v) is 6.07. The number of hydrogen-bond acceptors (Lipinski definition) is 2. The zero-order valence-corrected chi connectivity index (χ0v) is 11.8. The Bertz CT molecular complexity index is 389. The largest absolute Gasteiger partial charge is 0.340 e. The van der Waals surface area contributed by atoms with E-state index in [1.807, 2.05) is 19.0 Å². The summed E-state index contributed by atoms with van der Waals surface area (Å²) in [6, 6.07) is 4.52. The van der Waals surface area contributed by atoms with Gasteiger partial charge in [0.1, 0.15) is 5.82 Å². The number of rotatable bonds is 4. The summed E-state index contributed by atoms with van der Waals surface area (Å²) in [6.07, 6.45) is 0. The Kier molecular flexibility index (Phi) is 5.08. The van der Waals surface area contributed by atoms with E-state index in [1.165, 1.54) is 11.0 Å². The van der Waals surface area contributed by atoms with Gasteiger partial charge in [0, 0.05) is 24.6 Å². The van der Waals surface area contributed by atoms with E-state index in [-0.39, 0.29) is 11.5 Å². The first-order chi connectivity index (χ1) is 7.93. The molecule has 0 unspecified atom stereocenters. The van der Waals surface area contributed by atoms with Crippen LogP contribution in [-0.4, -0.2) is 49.9 Å². The van der Waals surface area contributed by atoms with Crippen molar-refractivity contribution in [1.29, 1.82) is 0 Å². The molecule has 0 aliphatic rings. The number of benzene rings is 1. The fourth-order valence-electron chi connectivity index (χ4n) is 1.34. The topological polar surface area (TPSA) is 23.6 Å². The summed E-state index contributed by atoms with van der Waals surface area (Å²) in [4.78, 5) is 15.5. The lowest BCUT2D eigenvalue weighted by molar-refractivity contribution is 0.0780. The van der Waals surface area contributed by atoms with Gasteiger partial charge in [-0.15, -0.1) is 0 Å². The van der Waals surface area contributed by atoms with Crippen LogP contribution >= 0.6 is 15.9 Å². The van der Waals surface area contributed by atoms with Crippen LogP contribution < -0.4 is 0 Å². The predicted molar refractivity (Wildman–Crippen MR) is 69.6 cm³/mol. The molecule has 1 aromatic rings. The quantitative estimate of drug-likeness (QED) is 0.851. The molecular formula is C12H16BrFN2O. The number of halogens is 2. The van der Waals surface area contributed by atoms with Gasteiger partial charge in [-0.25, -0.2) is 4.39 Å². The lowest BCUT2D eigenvalue weighted by Crippen LogP contribution is -2.34. The zero-order chi connectivity index (χ0) is 13.0. The standard InChI is InChI=1S/C12H16BrFN2O/c1-15(2)7-8-16(3)12(17)11-9(13)5-4-6-10(11)14/h4-6H,7-8H2,1-3H3. The summed E-state index contributed by atoms with van der Waals surface area (Å²) in [5.74, 6) is -0.807. The Morgan fingerprint density at radius 2 is 1.94 bits per heavy atom. The minimum atomic E-state index is -0.499. The fraction of sp³-hybridized carbons (Fsp3) is 0.417. The Balaban J connectivity index is 2.82. The van der Waals surface area contributed by atoms with Crippen LogP contribution in [0.1, 0.15) is 10.4 Å². The van der Waals surface area contributed by atoms with Gasteiger partial charge in [-0.3, -0.25) is 4.79 Å². The molecule has 0 saturated carbocycles. The number of hydrogen-bond donors (Lipinski definition) is 0. The van der Waals surface area contributed by atoms with Crippen LogP contribution in [0.2, 0.25) is 0 Å². The van der Waals surface area contributed by atoms with Gasteiger partial charge in [0.2, 0.25) is 0 Å². The smallest absolute Gasteiger partial charge is 0.257 e. The van der Waals surface area contributed by atoms with Crippen molar-refractivity contribution in [3.05, 3.63) is 34.1 Å². The third-order valence-electron chi connectivity index (χ3n) is 2.41. The zero-order valence-electron chi connectivity index (χ0n) is 10.2. The molecule has 1 rings (SSSR count). The summed E-state index contributed by atoms with van der Waals surface area (Å²) >= 11 is 3.20. The van der Waals surface area contributed by atoms with E-state index in [9.17, 15) is 9.18 Å². The molecule has 94 valence electrons. The summed E-state index contributed by atoms with van der Waals surface area (Å²) in [7, 11) is 5.53. The number of amides is 1. The highest BCUT2D eigenvalue weighted by molar-refractivity contribution is 9.10. The van der Waals surface area contributed by atoms with Crippen LogP contribution in [0, 0.1) is 5.82 Å². The van der Waals surface area contributed by atoms with Gasteiger partial charge in [-0.05, 0) is 42.2 Å². The molecule has 1 amide bonds. The maximum atomic E-state index is 13.6. The van der Waals surface area contributed by atoms with Crippen molar-refractivity contribution in [1.82, 2.24) is 9.80 Å². The molecule has 0 saturated heterocycles. The second kappa shape index (κ2) is 6.12. The average Bonchev–Trinajstić information content (AvgIpc) is 2.25. The highest BCUT2D eigenvalue weighted by Crippen LogP contribution is 2.20. The Morgan fingerprint density at radius 1 is 1.29 bits per heavy atom. The molecule has 1 aromatic carbocycles. The van der Waals surface area contributed by atoms with Crippen LogP contribution in [0.25, 0.3) is 0 Å². The summed E-state index contributed by atoms with van der Waals surface area (Å²) in [5, 5.41) is 0. The van der Waals surface area contributed by atoms with Crippen molar-refractivity contribution in [2.45, 2.75) is 0 Å². The van der Waals surface area contributed by atoms with Gasteiger partial charge in [-0.1, -0.05) is 6.07 Å². The van der Waals surface area contributed by atoms with Crippen LogP contribution in [0.15, 0.2) is 22.7 Å². The number of carbonyl (C=O) groups excluding carboxylic acids is 1.